The Balaban J connectivity index is 2.84. The maximum absolute atomic E-state index is 14.9. The number of benzene rings is 1. The van der Waals surface area contributed by atoms with Crippen LogP contribution in [0.3, 0.4) is 0 Å². The molecule has 0 radical (unpaired) electrons. The van der Waals surface area contributed by atoms with E-state index in [1.807, 2.05) is 0 Å². The number of imide groups is 1. The summed E-state index contributed by atoms with van der Waals surface area (Å²) in [5.74, 6) is -1.38. The van der Waals surface area contributed by atoms with Gasteiger partial charge in [-0.3, -0.25) is 0 Å². The number of hydrogen-bond donors (Lipinski definition) is 0. The van der Waals surface area contributed by atoms with Crippen LogP contribution in [0.15, 0.2) is 39.1 Å². The molecule has 2 rings (SSSR count). The molecule has 0 fully saturated rings. The molecule has 0 aliphatic carbocycles. The van der Waals surface area contributed by atoms with Gasteiger partial charge in [-0.2, -0.15) is 0 Å². The molecular formula is C22H29BrFN3O6S. The van der Waals surface area contributed by atoms with Gasteiger partial charge in [-0.05, 0) is 66.7 Å². The van der Waals surface area contributed by atoms with E-state index in [0.717, 1.165) is 13.1 Å². The first-order valence-corrected chi connectivity index (χ1v) is 12.4. The first-order valence-electron chi connectivity index (χ1n) is 10.2. The maximum atomic E-state index is 14.9. The van der Waals surface area contributed by atoms with Crippen molar-refractivity contribution in [3.8, 4) is 0 Å². The second-order valence-corrected chi connectivity index (χ2v) is 12.7. The van der Waals surface area contributed by atoms with E-state index >= 15 is 0 Å². The molecule has 34 heavy (non-hydrogen) atoms. The first kappa shape index (κ1) is 27.8. The molecule has 1 heterocycles. The Morgan fingerprint density at radius 1 is 1.12 bits per heavy atom. The predicted octanol–water partition coefficient (Wildman–Crippen LogP) is 5.12. The molecular weight excluding hydrogens is 533 g/mol. The third kappa shape index (κ3) is 5.60. The second-order valence-electron chi connectivity index (χ2n) is 9.80. The van der Waals surface area contributed by atoms with Crippen molar-refractivity contribution in [2.75, 3.05) is 7.05 Å². The normalized spacial score (nSPS) is 20.5. The summed E-state index contributed by atoms with van der Waals surface area (Å²) in [5.41, 5.74) is -4.09. The summed E-state index contributed by atoms with van der Waals surface area (Å²) in [6, 6.07) is 3.93. The van der Waals surface area contributed by atoms with Gasteiger partial charge in [0.25, 0.3) is 10.0 Å². The van der Waals surface area contributed by atoms with Crippen molar-refractivity contribution in [1.29, 1.82) is 0 Å². The zero-order valence-corrected chi connectivity index (χ0v) is 22.8. The minimum Gasteiger partial charge on any atom is -0.443 e. The van der Waals surface area contributed by atoms with Gasteiger partial charge in [0.05, 0.1) is 4.91 Å². The monoisotopic (exact) mass is 561 g/mol. The van der Waals surface area contributed by atoms with E-state index < -0.39 is 55.6 Å². The number of nitrogens with zero attached hydrogens (tertiary/aromatic N) is 3. The van der Waals surface area contributed by atoms with Crippen molar-refractivity contribution in [1.82, 2.24) is 9.21 Å². The Kier molecular flexibility index (Phi) is 7.31. The van der Waals surface area contributed by atoms with Gasteiger partial charge in [0.15, 0.2) is 0 Å². The molecule has 0 bridgehead atoms. The summed E-state index contributed by atoms with van der Waals surface area (Å²) < 4.78 is 53.2. The molecule has 0 aromatic heterocycles. The third-order valence-electron chi connectivity index (χ3n) is 4.63. The fraction of sp³-hybridized carbons (Fsp3) is 0.500. The lowest BCUT2D eigenvalue weighted by Gasteiger charge is -2.40. The number of carbonyl (C=O) groups excluding carboxylic acids is 2. The number of halogens is 2. The molecule has 1 aliphatic heterocycles. The minimum atomic E-state index is -4.41. The molecule has 0 unspecified atom stereocenters. The average molecular weight is 562 g/mol. The standard InChI is InChI=1S/C22H29BrFN3O6S/c1-13-22(8,15-12-14(23)10-11-16(15)24)25-17(26(9)34(13,30)31)27(18(28)32-20(2,3)4)19(29)33-21(5,6)7/h10-12H,1H2,2-9H3/t22-/m0/s1. The molecule has 0 N–H and O–H groups in total. The van der Waals surface area contributed by atoms with E-state index in [1.165, 1.54) is 19.1 Å². The number of amides is 2. The topological polar surface area (TPSA) is 106 Å². The Bertz CT molecular complexity index is 1140. The second kappa shape index (κ2) is 8.95. The van der Waals surface area contributed by atoms with E-state index in [4.69, 9.17) is 9.47 Å². The number of hydrogen-bond acceptors (Lipinski definition) is 7. The van der Waals surface area contributed by atoms with Crippen LogP contribution in [0, 0.1) is 5.82 Å². The summed E-state index contributed by atoms with van der Waals surface area (Å²) in [4.78, 5) is 30.5. The first-order chi connectivity index (χ1) is 15.2. The molecule has 9 nitrogen and oxygen atoms in total. The van der Waals surface area contributed by atoms with Crippen molar-refractivity contribution in [2.24, 2.45) is 4.99 Å². The summed E-state index contributed by atoms with van der Waals surface area (Å²) in [6.07, 6.45) is -2.43. The predicted molar refractivity (Wildman–Crippen MR) is 129 cm³/mol. The highest BCUT2D eigenvalue weighted by Gasteiger charge is 2.50. The molecule has 0 spiro atoms. The van der Waals surface area contributed by atoms with Gasteiger partial charge in [-0.15, -0.1) is 4.90 Å². The molecule has 0 saturated heterocycles. The van der Waals surface area contributed by atoms with Crippen molar-refractivity contribution >= 4 is 44.1 Å². The van der Waals surface area contributed by atoms with Crippen LogP contribution in [0.2, 0.25) is 0 Å². The van der Waals surface area contributed by atoms with Crippen LogP contribution >= 0.6 is 15.9 Å². The van der Waals surface area contributed by atoms with Crippen molar-refractivity contribution in [3.05, 3.63) is 45.5 Å². The van der Waals surface area contributed by atoms with Gasteiger partial charge < -0.3 is 9.47 Å². The molecule has 1 aromatic rings. The number of rotatable bonds is 1. The zero-order valence-electron chi connectivity index (χ0n) is 20.4. The van der Waals surface area contributed by atoms with Crippen molar-refractivity contribution in [3.63, 3.8) is 0 Å². The highest BCUT2D eigenvalue weighted by Crippen LogP contribution is 2.42. The quantitative estimate of drug-likeness (QED) is 0.471. The molecule has 1 atom stereocenters. The Hall–Kier alpha value is -2.47. The van der Waals surface area contributed by atoms with Gasteiger partial charge >= 0.3 is 12.2 Å². The summed E-state index contributed by atoms with van der Waals surface area (Å²) in [7, 11) is -3.31. The van der Waals surface area contributed by atoms with E-state index in [9.17, 15) is 22.4 Å². The lowest BCUT2D eigenvalue weighted by atomic mass is 9.92. The molecule has 12 heteroatoms. The van der Waals surface area contributed by atoms with Crippen LogP contribution in [-0.4, -0.2) is 54.0 Å². The van der Waals surface area contributed by atoms with Gasteiger partial charge in [0.2, 0.25) is 5.96 Å². The molecule has 188 valence electrons. The van der Waals surface area contributed by atoms with Crippen molar-refractivity contribution < 1.29 is 31.9 Å². The fourth-order valence-electron chi connectivity index (χ4n) is 2.98. The zero-order chi connectivity index (χ0) is 26.4. The van der Waals surface area contributed by atoms with Crippen LogP contribution in [0.1, 0.15) is 54.0 Å². The lowest BCUT2D eigenvalue weighted by Crippen LogP contribution is -2.57. The molecule has 0 saturated carbocycles. The SMILES string of the molecule is C=C1[C@@](C)(c2cc(Br)ccc2F)N=C(N(C(=O)OC(C)(C)C)C(=O)OC(C)(C)C)N(C)S1(=O)=O. The smallest absolute Gasteiger partial charge is 0.427 e. The molecule has 2 amide bonds. The molecule has 1 aliphatic rings. The van der Waals surface area contributed by atoms with Gasteiger partial charge in [0, 0.05) is 17.1 Å². The van der Waals surface area contributed by atoms with Crippen LogP contribution in [0.5, 0.6) is 0 Å². The van der Waals surface area contributed by atoms with Crippen LogP contribution in [-0.2, 0) is 25.0 Å². The number of ether oxygens (including phenoxy) is 2. The van der Waals surface area contributed by atoms with Crippen molar-refractivity contribution in [2.45, 2.75) is 65.2 Å². The van der Waals surface area contributed by atoms with E-state index in [1.54, 1.807) is 41.5 Å². The summed E-state index contributed by atoms with van der Waals surface area (Å²) >= 11 is 3.24. The number of sulfonamides is 1. The number of aliphatic imine (C=N–C) groups is 1. The van der Waals surface area contributed by atoms with Gasteiger partial charge in [-0.25, -0.2) is 31.7 Å². The van der Waals surface area contributed by atoms with E-state index in [0.29, 0.717) is 13.7 Å². The Morgan fingerprint density at radius 3 is 2.03 bits per heavy atom. The lowest BCUT2D eigenvalue weighted by molar-refractivity contribution is 0.0133. The highest BCUT2D eigenvalue weighted by molar-refractivity contribution is 9.10. The fourth-order valence-corrected chi connectivity index (χ4v) is 4.67. The maximum Gasteiger partial charge on any atom is 0.427 e. The average Bonchev–Trinajstić information content (AvgIpc) is 2.64. The third-order valence-corrected chi connectivity index (χ3v) is 7.02. The summed E-state index contributed by atoms with van der Waals surface area (Å²) in [5, 5.41) is 0. The van der Waals surface area contributed by atoms with E-state index in [-0.39, 0.29) is 5.56 Å². The minimum absolute atomic E-state index is 0.130. The van der Waals surface area contributed by atoms with Crippen LogP contribution in [0.25, 0.3) is 0 Å². The number of guanidine groups is 1. The molecule has 1 aromatic carbocycles. The van der Waals surface area contributed by atoms with Gasteiger partial charge in [-0.1, -0.05) is 22.5 Å². The Morgan fingerprint density at radius 2 is 1.59 bits per heavy atom. The largest absolute Gasteiger partial charge is 0.443 e. The highest BCUT2D eigenvalue weighted by atomic mass is 79.9. The van der Waals surface area contributed by atoms with Crippen LogP contribution in [0.4, 0.5) is 14.0 Å². The number of carbonyl (C=O) groups is 2. The summed E-state index contributed by atoms with van der Waals surface area (Å²) in [6.45, 7) is 14.4. The van der Waals surface area contributed by atoms with Gasteiger partial charge in [0.1, 0.15) is 22.6 Å². The van der Waals surface area contributed by atoms with Crippen LogP contribution < -0.4 is 0 Å². The van der Waals surface area contributed by atoms with E-state index in [2.05, 4.69) is 27.5 Å². The Labute approximate surface area is 207 Å².